The molecular weight excluding hydrogens is 683 g/mol. The van der Waals surface area contributed by atoms with Crippen molar-refractivity contribution in [2.24, 2.45) is 53.3 Å². The zero-order chi connectivity index (χ0) is 37.0. The lowest BCUT2D eigenvalue weighted by Crippen LogP contribution is -2.64. The van der Waals surface area contributed by atoms with Crippen molar-refractivity contribution in [1.82, 2.24) is 25.8 Å². The Morgan fingerprint density at radius 1 is 0.321 bits per heavy atom. The Morgan fingerprint density at radius 3 is 1.52 bits per heavy atom. The van der Waals surface area contributed by atoms with E-state index in [4.69, 9.17) is 0 Å². The predicted molar refractivity (Wildman–Crippen MR) is 231 cm³/mol. The van der Waals surface area contributed by atoms with Crippen LogP contribution in [-0.2, 0) is 0 Å². The molecule has 7 aliphatic carbocycles. The van der Waals surface area contributed by atoms with E-state index in [9.17, 15) is 0 Å². The van der Waals surface area contributed by atoms with Gasteiger partial charge in [-0.15, -0.1) is 0 Å². The minimum absolute atomic E-state index is 0.601. The fourth-order valence-electron chi connectivity index (χ4n) is 18.2. The van der Waals surface area contributed by atoms with E-state index in [1.54, 1.807) is 38.5 Å². The molecule has 0 bridgehead atoms. The number of hydrogen-bond donors (Lipinski definition) is 3. The van der Waals surface area contributed by atoms with Gasteiger partial charge in [0.2, 0.25) is 0 Å². The van der Waals surface area contributed by atoms with Crippen LogP contribution in [0.3, 0.4) is 0 Å². The first-order valence-electron chi connectivity index (χ1n) is 26.6. The summed E-state index contributed by atoms with van der Waals surface area (Å²) in [6.07, 6.45) is 49.5. The summed E-state index contributed by atoms with van der Waals surface area (Å²) in [7, 11) is 0. The van der Waals surface area contributed by atoms with Crippen LogP contribution in [0.15, 0.2) is 0 Å². The third kappa shape index (κ3) is 7.46. The summed E-state index contributed by atoms with van der Waals surface area (Å²) in [6, 6.07) is 6.11. The monoisotopic (exact) mass is 770 g/mol. The maximum absolute atomic E-state index is 4.36. The number of piperidine rings is 1. The summed E-state index contributed by atoms with van der Waals surface area (Å²) >= 11 is 0. The molecule has 4 heterocycles. The van der Waals surface area contributed by atoms with Gasteiger partial charge in [0.05, 0.1) is 12.3 Å². The van der Waals surface area contributed by atoms with Crippen molar-refractivity contribution in [2.45, 2.75) is 260 Å². The Labute approximate surface area is 344 Å². The Balaban J connectivity index is 0.707. The van der Waals surface area contributed by atoms with Crippen LogP contribution in [0, 0.1) is 53.3 Å². The Bertz CT molecular complexity index is 1210. The first kappa shape index (κ1) is 38.7. The third-order valence-corrected chi connectivity index (χ3v) is 20.7. The summed E-state index contributed by atoms with van der Waals surface area (Å²) in [5, 5.41) is 12.8. The Morgan fingerprint density at radius 2 is 0.821 bits per heavy atom. The Hall–Kier alpha value is -0.200. The van der Waals surface area contributed by atoms with Crippen molar-refractivity contribution >= 4 is 0 Å². The van der Waals surface area contributed by atoms with Crippen molar-refractivity contribution < 1.29 is 0 Å². The van der Waals surface area contributed by atoms with E-state index in [-0.39, 0.29) is 0 Å². The molecule has 12 unspecified atom stereocenters. The molecule has 7 saturated carbocycles. The summed E-state index contributed by atoms with van der Waals surface area (Å²) in [6.45, 7) is 1.27. The molecule has 11 aliphatic rings. The molecule has 5 heteroatoms. The lowest BCUT2D eigenvalue weighted by Gasteiger charge is -2.49. The molecule has 56 heavy (non-hydrogen) atoms. The van der Waals surface area contributed by atoms with Gasteiger partial charge >= 0.3 is 0 Å². The lowest BCUT2D eigenvalue weighted by molar-refractivity contribution is 0.00870. The predicted octanol–water partition coefficient (Wildman–Crippen LogP) is 10.8. The number of rotatable bonds is 6. The van der Waals surface area contributed by atoms with Crippen molar-refractivity contribution in [3.8, 4) is 0 Å². The van der Waals surface area contributed by atoms with Crippen molar-refractivity contribution in [3.63, 3.8) is 0 Å². The van der Waals surface area contributed by atoms with E-state index in [2.05, 4.69) is 25.8 Å². The van der Waals surface area contributed by atoms with Crippen LogP contribution in [-0.4, -0.2) is 71.0 Å². The topological polar surface area (TPSA) is 42.6 Å². The standard InChI is InChI=1S/C51H87N5/c1-3-12-36(13-4-1)45-33-46(54-50(53-45)38-14-5-2-6-15-38)37-23-21-34(22-24-37)35-25-27-39(28-26-35)55-47-19-9-8-17-42(47)44-32-40(29-30-49(44)55)56-48-20-10-7-16-41(48)43-18-11-31-52-51(43)56/h34-54H,1-33H2. The number of likely N-dealkylation sites (tertiary alicyclic amines) is 2. The molecule has 0 aromatic rings. The van der Waals surface area contributed by atoms with Gasteiger partial charge in [-0.05, 0) is 201 Å². The average molecular weight is 770 g/mol. The zero-order valence-corrected chi connectivity index (χ0v) is 36.1. The molecule has 0 aromatic heterocycles. The molecule has 316 valence electrons. The van der Waals surface area contributed by atoms with Crippen LogP contribution in [0.5, 0.6) is 0 Å². The number of hydrogen-bond acceptors (Lipinski definition) is 5. The van der Waals surface area contributed by atoms with Gasteiger partial charge in [-0.25, -0.2) is 0 Å². The SMILES string of the molecule is C1CCC(C2CC(C3CCC(C4CCC(N5C6CCCCC6C6CC(N7C8CCCCC8C8CCCNC87)CCC65)CC4)CC3)NC(C3CCCCC3)N2)CC1. The second-order valence-corrected chi connectivity index (χ2v) is 23.1. The minimum atomic E-state index is 0.601. The second kappa shape index (κ2) is 17.3. The fraction of sp³-hybridized carbons (Fsp3) is 1.00. The molecule has 12 atom stereocenters. The zero-order valence-electron chi connectivity index (χ0n) is 36.1. The Kier molecular flexibility index (Phi) is 11.9. The molecule has 11 fully saturated rings. The molecule has 4 saturated heterocycles. The average Bonchev–Trinajstić information content (AvgIpc) is 3.79. The van der Waals surface area contributed by atoms with E-state index in [0.29, 0.717) is 6.17 Å². The summed E-state index contributed by atoms with van der Waals surface area (Å²) in [4.78, 5) is 6.52. The van der Waals surface area contributed by atoms with Gasteiger partial charge in [0, 0.05) is 42.3 Å². The van der Waals surface area contributed by atoms with E-state index in [0.717, 1.165) is 102 Å². The number of nitrogens with one attached hydrogen (secondary N) is 3. The van der Waals surface area contributed by atoms with Crippen molar-refractivity contribution in [3.05, 3.63) is 0 Å². The molecule has 0 amide bonds. The second-order valence-electron chi connectivity index (χ2n) is 23.1. The normalized spacial score (nSPS) is 50.1. The quantitative estimate of drug-likeness (QED) is 0.251. The van der Waals surface area contributed by atoms with Gasteiger partial charge in [0.15, 0.2) is 0 Å². The van der Waals surface area contributed by atoms with Gasteiger partial charge in [0.25, 0.3) is 0 Å². The van der Waals surface area contributed by atoms with E-state index < -0.39 is 0 Å². The van der Waals surface area contributed by atoms with Crippen LogP contribution < -0.4 is 16.0 Å². The first-order valence-corrected chi connectivity index (χ1v) is 26.6. The van der Waals surface area contributed by atoms with Gasteiger partial charge in [-0.2, -0.15) is 0 Å². The molecule has 11 rings (SSSR count). The molecule has 0 spiro atoms. The third-order valence-electron chi connectivity index (χ3n) is 20.7. The summed E-state index contributed by atoms with van der Waals surface area (Å²) < 4.78 is 0. The molecule has 5 nitrogen and oxygen atoms in total. The first-order chi connectivity index (χ1) is 27.8. The maximum atomic E-state index is 4.36. The number of nitrogens with zero attached hydrogens (tertiary/aromatic N) is 2. The molecule has 4 aliphatic heterocycles. The van der Waals surface area contributed by atoms with Crippen LogP contribution in [0.25, 0.3) is 0 Å². The highest BCUT2D eigenvalue weighted by Gasteiger charge is 2.57. The highest BCUT2D eigenvalue weighted by Crippen LogP contribution is 2.55. The van der Waals surface area contributed by atoms with Crippen LogP contribution in [0.1, 0.15) is 205 Å². The van der Waals surface area contributed by atoms with E-state index in [1.807, 2.05) is 0 Å². The largest absolute Gasteiger partial charge is 0.301 e. The van der Waals surface area contributed by atoms with E-state index >= 15 is 0 Å². The van der Waals surface area contributed by atoms with Crippen LogP contribution in [0.2, 0.25) is 0 Å². The highest BCUT2D eigenvalue weighted by molar-refractivity contribution is 5.11. The summed E-state index contributed by atoms with van der Waals surface area (Å²) in [5.41, 5.74) is 0. The highest BCUT2D eigenvalue weighted by atomic mass is 15.4. The van der Waals surface area contributed by atoms with Crippen LogP contribution in [0.4, 0.5) is 0 Å². The maximum Gasteiger partial charge on any atom is 0.0634 e. The van der Waals surface area contributed by atoms with Gasteiger partial charge < -0.3 is 5.32 Å². The van der Waals surface area contributed by atoms with E-state index in [1.165, 1.54) is 173 Å². The fourth-order valence-corrected chi connectivity index (χ4v) is 18.2. The lowest BCUT2D eigenvalue weighted by atomic mass is 9.67. The van der Waals surface area contributed by atoms with Crippen molar-refractivity contribution in [1.29, 1.82) is 0 Å². The van der Waals surface area contributed by atoms with Crippen molar-refractivity contribution in [2.75, 3.05) is 6.54 Å². The van der Waals surface area contributed by atoms with Gasteiger partial charge in [-0.1, -0.05) is 64.2 Å². The van der Waals surface area contributed by atoms with Gasteiger partial charge in [0.1, 0.15) is 0 Å². The molecule has 0 aromatic carbocycles. The summed E-state index contributed by atoms with van der Waals surface area (Å²) in [5.74, 6) is 8.80. The molecule has 3 N–H and O–H groups in total. The minimum Gasteiger partial charge on any atom is -0.301 e. The van der Waals surface area contributed by atoms with Gasteiger partial charge in [-0.3, -0.25) is 20.4 Å². The smallest absolute Gasteiger partial charge is 0.0634 e. The molecular formula is C51H87N5. The molecule has 0 radical (unpaired) electrons. The number of fused-ring (bicyclic) bond motifs is 6. The van der Waals surface area contributed by atoms with Crippen LogP contribution >= 0.6 is 0 Å².